The van der Waals surface area contributed by atoms with E-state index >= 15 is 0 Å². The van der Waals surface area contributed by atoms with Gasteiger partial charge >= 0.3 is 0 Å². The molecule has 0 aliphatic carbocycles. The molecule has 1 N–H and O–H groups in total. The molecule has 4 rings (SSSR count). The van der Waals surface area contributed by atoms with E-state index in [1.807, 2.05) is 38.1 Å². The van der Waals surface area contributed by atoms with E-state index in [0.29, 0.717) is 37.8 Å². The Hall–Kier alpha value is -2.68. The summed E-state index contributed by atoms with van der Waals surface area (Å²) in [7, 11) is 0. The Morgan fingerprint density at radius 2 is 2.00 bits per heavy atom. The summed E-state index contributed by atoms with van der Waals surface area (Å²) in [5, 5.41) is 3.79. The highest BCUT2D eigenvalue weighted by atomic mass is 35.5. The van der Waals surface area contributed by atoms with Crippen LogP contribution < -0.4 is 10.9 Å². The minimum Gasteiger partial charge on any atom is -0.369 e. The molecule has 0 unspecified atom stereocenters. The van der Waals surface area contributed by atoms with Crippen molar-refractivity contribution in [1.82, 2.24) is 14.3 Å². The Labute approximate surface area is 200 Å². The number of aromatic nitrogens is 2. The first kappa shape index (κ1) is 22.5. The zero-order chi connectivity index (χ0) is 22.8. The summed E-state index contributed by atoms with van der Waals surface area (Å²) in [6.07, 6.45) is 4.20. The SMILES string of the molecule is CCCNc1nc2ccc(C)cn2c(=O)c1/C=C1\SC(=S)N(Cc2ccccc2Cl)C1=O. The van der Waals surface area contributed by atoms with Gasteiger partial charge in [-0.25, -0.2) is 4.98 Å². The summed E-state index contributed by atoms with van der Waals surface area (Å²) in [6.45, 7) is 4.87. The lowest BCUT2D eigenvalue weighted by Gasteiger charge is -2.15. The summed E-state index contributed by atoms with van der Waals surface area (Å²) >= 11 is 12.9. The molecule has 1 aliphatic heterocycles. The molecule has 9 heteroatoms. The van der Waals surface area contributed by atoms with Crippen LogP contribution in [-0.4, -0.2) is 31.1 Å². The maximum Gasteiger partial charge on any atom is 0.267 e. The Morgan fingerprint density at radius 3 is 2.75 bits per heavy atom. The van der Waals surface area contributed by atoms with E-state index in [9.17, 15) is 9.59 Å². The zero-order valence-corrected chi connectivity index (χ0v) is 20.0. The molecule has 0 atom stereocenters. The number of rotatable bonds is 6. The van der Waals surface area contributed by atoms with Crippen LogP contribution in [0, 0.1) is 6.92 Å². The van der Waals surface area contributed by atoms with Crippen LogP contribution in [0.15, 0.2) is 52.3 Å². The normalized spacial score (nSPS) is 15.2. The fraction of sp³-hybridized carbons (Fsp3) is 0.217. The minimum atomic E-state index is -0.255. The van der Waals surface area contributed by atoms with Crippen molar-refractivity contribution in [2.45, 2.75) is 26.8 Å². The third kappa shape index (κ3) is 4.44. The summed E-state index contributed by atoms with van der Waals surface area (Å²) < 4.78 is 1.93. The number of pyridine rings is 1. The first-order valence-corrected chi connectivity index (χ1v) is 11.7. The fourth-order valence-corrected chi connectivity index (χ4v) is 4.76. The number of fused-ring (bicyclic) bond motifs is 1. The van der Waals surface area contributed by atoms with E-state index in [1.165, 1.54) is 21.1 Å². The maximum absolute atomic E-state index is 13.3. The standard InChI is InChI=1S/C23H21ClN4O2S2/c1-3-10-25-20-16(21(29)27-12-14(2)8-9-19(27)26-20)11-18-22(30)28(23(31)32-18)13-15-6-4-5-7-17(15)24/h4-9,11-12,25H,3,10,13H2,1-2H3/b18-11-. The van der Waals surface area contributed by atoms with Crippen molar-refractivity contribution in [1.29, 1.82) is 0 Å². The second kappa shape index (κ2) is 9.44. The van der Waals surface area contributed by atoms with Gasteiger partial charge in [0.15, 0.2) is 0 Å². The van der Waals surface area contributed by atoms with E-state index in [2.05, 4.69) is 10.3 Å². The maximum atomic E-state index is 13.3. The summed E-state index contributed by atoms with van der Waals surface area (Å²) in [6, 6.07) is 11.1. The van der Waals surface area contributed by atoms with Gasteiger partial charge in [0.1, 0.15) is 15.8 Å². The van der Waals surface area contributed by atoms with E-state index in [-0.39, 0.29) is 18.0 Å². The second-order valence-corrected chi connectivity index (χ2v) is 9.48. The predicted molar refractivity (Wildman–Crippen MR) is 135 cm³/mol. The number of amides is 1. The van der Waals surface area contributed by atoms with Gasteiger partial charge in [0.25, 0.3) is 11.5 Å². The van der Waals surface area contributed by atoms with E-state index in [0.717, 1.165) is 17.5 Å². The average molecular weight is 485 g/mol. The number of aryl methyl sites for hydroxylation is 1. The zero-order valence-electron chi connectivity index (χ0n) is 17.6. The molecular formula is C23H21ClN4O2S2. The van der Waals surface area contributed by atoms with Crippen molar-refractivity contribution < 1.29 is 4.79 Å². The van der Waals surface area contributed by atoms with Gasteiger partial charge in [-0.2, -0.15) is 0 Å². The smallest absolute Gasteiger partial charge is 0.267 e. The quantitative estimate of drug-likeness (QED) is 0.397. The van der Waals surface area contributed by atoms with Crippen LogP contribution in [0.3, 0.4) is 0 Å². The van der Waals surface area contributed by atoms with Gasteiger partial charge in [0.05, 0.1) is 17.0 Å². The number of carbonyl (C=O) groups excluding carboxylic acids is 1. The number of benzene rings is 1. The lowest BCUT2D eigenvalue weighted by molar-refractivity contribution is -0.122. The van der Waals surface area contributed by atoms with Crippen molar-refractivity contribution >= 4 is 63.3 Å². The molecule has 32 heavy (non-hydrogen) atoms. The predicted octanol–water partition coefficient (Wildman–Crippen LogP) is 4.88. The van der Waals surface area contributed by atoms with Crippen LogP contribution in [0.5, 0.6) is 0 Å². The van der Waals surface area contributed by atoms with E-state index in [4.69, 9.17) is 23.8 Å². The van der Waals surface area contributed by atoms with Crippen molar-refractivity contribution in [2.75, 3.05) is 11.9 Å². The molecule has 0 radical (unpaired) electrons. The molecule has 2 aromatic heterocycles. The van der Waals surface area contributed by atoms with Gasteiger partial charge in [-0.3, -0.25) is 18.9 Å². The minimum absolute atomic E-state index is 0.242. The third-order valence-corrected chi connectivity index (χ3v) is 6.73. The van der Waals surface area contributed by atoms with Crippen molar-refractivity contribution in [2.24, 2.45) is 0 Å². The lowest BCUT2D eigenvalue weighted by Crippen LogP contribution is -2.27. The number of thiocarbonyl (C=S) groups is 1. The second-order valence-electron chi connectivity index (χ2n) is 7.40. The van der Waals surface area contributed by atoms with Crippen LogP contribution in [0.2, 0.25) is 5.02 Å². The molecule has 164 valence electrons. The van der Waals surface area contributed by atoms with Crippen molar-refractivity contribution in [3.05, 3.63) is 79.6 Å². The number of nitrogens with one attached hydrogen (secondary N) is 1. The average Bonchev–Trinajstić information content (AvgIpc) is 3.03. The molecule has 1 saturated heterocycles. The molecule has 3 heterocycles. The number of anilines is 1. The first-order chi connectivity index (χ1) is 15.4. The molecule has 6 nitrogen and oxygen atoms in total. The third-order valence-electron chi connectivity index (χ3n) is 4.98. The number of hydrogen-bond donors (Lipinski definition) is 1. The van der Waals surface area contributed by atoms with Gasteiger partial charge in [-0.15, -0.1) is 0 Å². The Balaban J connectivity index is 1.75. The highest BCUT2D eigenvalue weighted by Gasteiger charge is 2.33. The summed E-state index contributed by atoms with van der Waals surface area (Å²) in [4.78, 5) is 33.0. The van der Waals surface area contributed by atoms with E-state index < -0.39 is 0 Å². The van der Waals surface area contributed by atoms with Gasteiger partial charge in [0, 0.05) is 17.8 Å². The molecule has 0 saturated carbocycles. The lowest BCUT2D eigenvalue weighted by atomic mass is 10.2. The molecule has 1 fully saturated rings. The highest BCUT2D eigenvalue weighted by molar-refractivity contribution is 8.26. The number of hydrogen-bond acceptors (Lipinski definition) is 6. The van der Waals surface area contributed by atoms with Crippen LogP contribution in [0.25, 0.3) is 11.7 Å². The first-order valence-electron chi connectivity index (χ1n) is 10.1. The Kier molecular flexibility index (Phi) is 6.64. The number of carbonyl (C=O) groups is 1. The van der Waals surface area contributed by atoms with Gasteiger partial charge in [0.2, 0.25) is 0 Å². The molecule has 3 aromatic rings. The summed E-state index contributed by atoms with van der Waals surface area (Å²) in [5.41, 5.74) is 2.38. The fourth-order valence-electron chi connectivity index (χ4n) is 3.33. The van der Waals surface area contributed by atoms with E-state index in [1.54, 1.807) is 24.4 Å². The van der Waals surface area contributed by atoms with Crippen molar-refractivity contribution in [3.8, 4) is 0 Å². The number of nitrogens with zero attached hydrogens (tertiary/aromatic N) is 3. The Bertz CT molecular complexity index is 1320. The summed E-state index contributed by atoms with van der Waals surface area (Å²) in [5.74, 6) is 0.201. The molecule has 0 spiro atoms. The van der Waals surface area contributed by atoms with Crippen LogP contribution in [0.4, 0.5) is 5.82 Å². The molecular weight excluding hydrogens is 464 g/mol. The van der Waals surface area contributed by atoms with Crippen molar-refractivity contribution in [3.63, 3.8) is 0 Å². The molecule has 1 amide bonds. The monoisotopic (exact) mass is 484 g/mol. The molecule has 1 aliphatic rings. The Morgan fingerprint density at radius 1 is 1.22 bits per heavy atom. The van der Waals surface area contributed by atoms with Crippen LogP contribution >= 0.6 is 35.6 Å². The largest absolute Gasteiger partial charge is 0.369 e. The number of thioether (sulfide) groups is 1. The molecule has 0 bridgehead atoms. The van der Waals surface area contributed by atoms with Gasteiger partial charge < -0.3 is 5.32 Å². The van der Waals surface area contributed by atoms with Crippen LogP contribution in [0.1, 0.15) is 30.0 Å². The van der Waals surface area contributed by atoms with Gasteiger partial charge in [-0.1, -0.05) is 66.8 Å². The van der Waals surface area contributed by atoms with Crippen LogP contribution in [-0.2, 0) is 11.3 Å². The topological polar surface area (TPSA) is 66.7 Å². The highest BCUT2D eigenvalue weighted by Crippen LogP contribution is 2.34. The van der Waals surface area contributed by atoms with Gasteiger partial charge in [-0.05, 0) is 42.7 Å². The number of halogens is 1. The molecule has 1 aromatic carbocycles.